The monoisotopic (exact) mass is 649 g/mol. The van der Waals surface area contributed by atoms with E-state index in [-0.39, 0.29) is 40.4 Å². The third-order valence-electron chi connectivity index (χ3n) is 6.97. The predicted octanol–water partition coefficient (Wildman–Crippen LogP) is 6.40. The second kappa shape index (κ2) is 14.8. The van der Waals surface area contributed by atoms with Crippen molar-refractivity contribution in [3.8, 4) is 0 Å². The highest BCUT2D eigenvalue weighted by Crippen LogP contribution is 2.32. The number of nitrogens with one attached hydrogen (secondary N) is 2. The van der Waals surface area contributed by atoms with Gasteiger partial charge < -0.3 is 24.3 Å². The van der Waals surface area contributed by atoms with Gasteiger partial charge in [0.1, 0.15) is 11.2 Å². The Labute approximate surface area is 276 Å². The first-order valence-electron chi connectivity index (χ1n) is 15.7. The number of aromatic nitrogens is 2. The molecule has 3 aromatic rings. The highest BCUT2D eigenvalue weighted by molar-refractivity contribution is 6.10. The minimum Gasteiger partial charge on any atom is -0.456 e. The quantitative estimate of drug-likeness (QED) is 0.138. The van der Waals surface area contributed by atoms with Crippen LogP contribution in [0.5, 0.6) is 0 Å². The number of rotatable bonds is 11. The van der Waals surface area contributed by atoms with Crippen LogP contribution in [0.4, 0.5) is 10.7 Å². The number of unbranched alkanes of at least 4 members (excludes halogenated alkanes) is 1. The first kappa shape index (κ1) is 36.7. The lowest BCUT2D eigenvalue weighted by Crippen LogP contribution is -2.33. The summed E-state index contributed by atoms with van der Waals surface area (Å²) in [7, 11) is 3.24. The Kier molecular flexibility index (Phi) is 11.6. The van der Waals surface area contributed by atoms with Crippen LogP contribution in [0, 0.1) is 0 Å². The largest absolute Gasteiger partial charge is 0.456 e. The first-order valence-corrected chi connectivity index (χ1v) is 15.7. The van der Waals surface area contributed by atoms with E-state index in [1.165, 1.54) is 17.9 Å². The lowest BCUT2D eigenvalue weighted by atomic mass is 10.0. The second-order valence-electron chi connectivity index (χ2n) is 13.8. The summed E-state index contributed by atoms with van der Waals surface area (Å²) in [5, 5.41) is 5.63. The zero-order valence-electron chi connectivity index (χ0n) is 29.1. The van der Waals surface area contributed by atoms with Gasteiger partial charge in [0.05, 0.1) is 22.2 Å². The number of amides is 3. The Bertz CT molecular complexity index is 1660. The SMILES string of the molecule is CC(=O)c1cc(C(=O)N(C)C)c2c(c1)nc(NC(=O)c1cccc(C(=O)OC(C)(C)C)c1)n2[C@H](C)CCCCNC(=O)OC(C)(C)C. The van der Waals surface area contributed by atoms with E-state index >= 15 is 0 Å². The Balaban J connectivity index is 1.98. The molecule has 1 atom stereocenters. The van der Waals surface area contributed by atoms with E-state index in [1.54, 1.807) is 90.5 Å². The molecule has 0 aliphatic heterocycles. The van der Waals surface area contributed by atoms with Crippen molar-refractivity contribution in [3.05, 3.63) is 58.7 Å². The zero-order chi connectivity index (χ0) is 35.3. The molecular weight excluding hydrogens is 602 g/mol. The van der Waals surface area contributed by atoms with Gasteiger partial charge in [0.2, 0.25) is 5.95 Å². The number of carbonyl (C=O) groups is 5. The van der Waals surface area contributed by atoms with Gasteiger partial charge in [-0.05, 0) is 105 Å². The molecule has 3 rings (SSSR count). The van der Waals surface area contributed by atoms with Crippen LogP contribution in [0.3, 0.4) is 0 Å². The van der Waals surface area contributed by atoms with Crippen LogP contribution >= 0.6 is 0 Å². The van der Waals surface area contributed by atoms with Gasteiger partial charge in [0.15, 0.2) is 5.78 Å². The van der Waals surface area contributed by atoms with Gasteiger partial charge in [-0.2, -0.15) is 0 Å². The first-order chi connectivity index (χ1) is 21.8. The van der Waals surface area contributed by atoms with Gasteiger partial charge in [-0.1, -0.05) is 6.07 Å². The number of hydrogen-bond acceptors (Lipinski definition) is 8. The summed E-state index contributed by atoms with van der Waals surface area (Å²) in [6.07, 6.45) is 1.49. The van der Waals surface area contributed by atoms with Crippen LogP contribution in [0.1, 0.15) is 122 Å². The van der Waals surface area contributed by atoms with Gasteiger partial charge in [-0.15, -0.1) is 0 Å². The molecule has 47 heavy (non-hydrogen) atoms. The van der Waals surface area contributed by atoms with Crippen molar-refractivity contribution in [1.29, 1.82) is 0 Å². The number of nitrogens with zero attached hydrogens (tertiary/aromatic N) is 3. The number of alkyl carbamates (subject to hydrolysis) is 1. The number of esters is 1. The van der Waals surface area contributed by atoms with E-state index in [9.17, 15) is 24.0 Å². The van der Waals surface area contributed by atoms with Crippen molar-refractivity contribution >= 4 is 46.6 Å². The maximum atomic E-state index is 13.6. The highest BCUT2D eigenvalue weighted by Gasteiger charge is 2.26. The summed E-state index contributed by atoms with van der Waals surface area (Å²) in [5.41, 5.74) is 0.574. The molecule has 0 unspecified atom stereocenters. The third-order valence-corrected chi connectivity index (χ3v) is 6.97. The van der Waals surface area contributed by atoms with Crippen LogP contribution in [0.25, 0.3) is 11.0 Å². The van der Waals surface area contributed by atoms with Crippen molar-refractivity contribution in [2.24, 2.45) is 0 Å². The number of hydrogen-bond donors (Lipinski definition) is 2. The molecule has 0 bridgehead atoms. The lowest BCUT2D eigenvalue weighted by molar-refractivity contribution is 0.00689. The molecule has 0 aliphatic rings. The summed E-state index contributed by atoms with van der Waals surface area (Å²) in [6, 6.07) is 9.09. The molecule has 0 spiro atoms. The Morgan fingerprint density at radius 1 is 0.894 bits per heavy atom. The molecule has 1 aromatic heterocycles. The summed E-state index contributed by atoms with van der Waals surface area (Å²) in [6.45, 7) is 14.5. The number of fused-ring (bicyclic) bond motifs is 1. The maximum Gasteiger partial charge on any atom is 0.407 e. The molecule has 12 heteroatoms. The van der Waals surface area contributed by atoms with E-state index in [2.05, 4.69) is 10.6 Å². The molecule has 1 heterocycles. The van der Waals surface area contributed by atoms with E-state index in [0.29, 0.717) is 42.4 Å². The molecule has 0 fully saturated rings. The van der Waals surface area contributed by atoms with Crippen LogP contribution < -0.4 is 10.6 Å². The van der Waals surface area contributed by atoms with Gasteiger partial charge >= 0.3 is 12.1 Å². The van der Waals surface area contributed by atoms with Crippen LogP contribution in [0.2, 0.25) is 0 Å². The van der Waals surface area contributed by atoms with Crippen LogP contribution in [-0.2, 0) is 9.47 Å². The number of ketones is 1. The molecule has 0 radical (unpaired) electrons. The van der Waals surface area contributed by atoms with E-state index in [4.69, 9.17) is 14.5 Å². The molecule has 0 aliphatic carbocycles. The zero-order valence-corrected chi connectivity index (χ0v) is 29.1. The topological polar surface area (TPSA) is 149 Å². The summed E-state index contributed by atoms with van der Waals surface area (Å²) < 4.78 is 12.6. The van der Waals surface area contributed by atoms with Gasteiger partial charge in [-0.3, -0.25) is 19.7 Å². The van der Waals surface area contributed by atoms with E-state index in [0.717, 1.165) is 0 Å². The average Bonchev–Trinajstić information content (AvgIpc) is 3.31. The highest BCUT2D eigenvalue weighted by atomic mass is 16.6. The standard InChI is InChI=1S/C35H47N5O7/c1-21(14-11-12-17-36-33(45)47-35(6,7)8)40-28-26(30(43)39(9)10)19-25(22(2)41)20-27(28)37-32(40)38-29(42)23-15-13-16-24(18-23)31(44)46-34(3,4)5/h13,15-16,18-21H,11-12,14,17H2,1-10H3,(H,36,45)(H,37,38,42)/t21-/m1/s1. The van der Waals surface area contributed by atoms with Gasteiger partial charge in [0, 0.05) is 37.8 Å². The maximum absolute atomic E-state index is 13.6. The number of ether oxygens (including phenoxy) is 2. The normalized spacial score (nSPS) is 12.3. The smallest absolute Gasteiger partial charge is 0.407 e. The van der Waals surface area contributed by atoms with Crippen molar-refractivity contribution in [1.82, 2.24) is 19.8 Å². The summed E-state index contributed by atoms with van der Waals surface area (Å²) in [4.78, 5) is 70.3. The lowest BCUT2D eigenvalue weighted by Gasteiger charge is -2.21. The number of Topliss-reactive ketones (excluding diaryl/α,β-unsaturated/α-hetero) is 1. The Morgan fingerprint density at radius 3 is 2.13 bits per heavy atom. The fourth-order valence-electron chi connectivity index (χ4n) is 4.85. The van der Waals surface area contributed by atoms with E-state index in [1.807, 2.05) is 6.92 Å². The Hall–Kier alpha value is -4.74. The number of imidazole rings is 1. The molecule has 3 amide bonds. The van der Waals surface area contributed by atoms with Crippen molar-refractivity contribution < 1.29 is 33.4 Å². The van der Waals surface area contributed by atoms with Crippen LogP contribution in [0.15, 0.2) is 36.4 Å². The van der Waals surface area contributed by atoms with Gasteiger partial charge in [-0.25, -0.2) is 14.6 Å². The van der Waals surface area contributed by atoms with Crippen LogP contribution in [-0.4, -0.2) is 76.0 Å². The number of benzene rings is 2. The predicted molar refractivity (Wildman–Crippen MR) is 180 cm³/mol. The fraction of sp³-hybridized carbons (Fsp3) is 0.486. The van der Waals surface area contributed by atoms with Crippen molar-refractivity contribution in [2.75, 3.05) is 26.0 Å². The van der Waals surface area contributed by atoms with Crippen molar-refractivity contribution in [3.63, 3.8) is 0 Å². The van der Waals surface area contributed by atoms with E-state index < -0.39 is 29.2 Å². The fourth-order valence-corrected chi connectivity index (χ4v) is 4.85. The second-order valence-corrected chi connectivity index (χ2v) is 13.8. The summed E-state index contributed by atoms with van der Waals surface area (Å²) >= 11 is 0. The van der Waals surface area contributed by atoms with Crippen molar-refractivity contribution in [2.45, 2.75) is 91.9 Å². The Morgan fingerprint density at radius 2 is 1.53 bits per heavy atom. The minimum atomic E-state index is -0.706. The average molecular weight is 650 g/mol. The molecule has 12 nitrogen and oxygen atoms in total. The number of anilines is 1. The number of carbonyl (C=O) groups excluding carboxylic acids is 5. The molecule has 2 N–H and O–H groups in total. The molecule has 0 saturated carbocycles. The third kappa shape index (κ3) is 10.1. The minimum absolute atomic E-state index is 0.181. The molecule has 0 saturated heterocycles. The molecular formula is C35H47N5O7. The molecule has 2 aromatic carbocycles. The molecule has 254 valence electrons. The summed E-state index contributed by atoms with van der Waals surface area (Å²) in [5.74, 6) is -1.45. The van der Waals surface area contributed by atoms with Gasteiger partial charge in [0.25, 0.3) is 11.8 Å².